The van der Waals surface area contributed by atoms with Gasteiger partial charge in [0, 0.05) is 11.6 Å². The molecule has 1 unspecified atom stereocenters. The van der Waals surface area contributed by atoms with Gasteiger partial charge in [0.1, 0.15) is 5.75 Å². The molecule has 1 aromatic carbocycles. The number of hydrogen-bond donors (Lipinski definition) is 1. The van der Waals surface area contributed by atoms with Gasteiger partial charge in [-0.3, -0.25) is 4.90 Å². The maximum absolute atomic E-state index is 10.3. The van der Waals surface area contributed by atoms with Crippen molar-refractivity contribution >= 4 is 16.9 Å². The van der Waals surface area contributed by atoms with Crippen molar-refractivity contribution in [2.24, 2.45) is 0 Å². The van der Waals surface area contributed by atoms with Crippen molar-refractivity contribution in [3.8, 4) is 5.75 Å². The average Bonchev–Trinajstić information content (AvgIpc) is 3.03. The van der Waals surface area contributed by atoms with E-state index in [2.05, 4.69) is 47.8 Å². The number of aromatic hydroxyl groups is 1. The first-order valence-electron chi connectivity index (χ1n) is 7.90. The van der Waals surface area contributed by atoms with E-state index in [1.807, 2.05) is 6.07 Å². The first-order chi connectivity index (χ1) is 10.6. The third-order valence-corrected chi connectivity index (χ3v) is 5.14. The summed E-state index contributed by atoms with van der Waals surface area (Å²) in [6, 6.07) is 8.43. The second-order valence-electron chi connectivity index (χ2n) is 6.16. The molecule has 22 heavy (non-hydrogen) atoms. The number of hydrogen-bond acceptors (Lipinski definition) is 3. The highest BCUT2D eigenvalue weighted by Crippen LogP contribution is 2.34. The monoisotopic (exact) mass is 313 g/mol. The van der Waals surface area contributed by atoms with Gasteiger partial charge in [0.25, 0.3) is 0 Å². The molecule has 0 amide bonds. The number of likely N-dealkylation sites (tertiary alicyclic amines) is 1. The van der Waals surface area contributed by atoms with Crippen LogP contribution in [0.2, 0.25) is 0 Å². The van der Waals surface area contributed by atoms with Gasteiger partial charge < -0.3 is 5.11 Å². The Kier molecular flexibility index (Phi) is 4.65. The minimum absolute atomic E-state index is 0.363. The van der Waals surface area contributed by atoms with Crippen LogP contribution in [0.5, 0.6) is 5.75 Å². The van der Waals surface area contributed by atoms with Gasteiger partial charge in [-0.05, 0) is 73.5 Å². The molecule has 1 aliphatic heterocycles. The second-order valence-corrected chi connectivity index (χ2v) is 6.94. The molecule has 116 valence electrons. The number of rotatable bonds is 3. The van der Waals surface area contributed by atoms with Crippen LogP contribution >= 0.6 is 11.3 Å². The van der Waals surface area contributed by atoms with E-state index in [0.717, 1.165) is 17.7 Å². The van der Waals surface area contributed by atoms with Crippen LogP contribution in [0.25, 0.3) is 5.57 Å². The van der Waals surface area contributed by atoms with E-state index >= 15 is 0 Å². The lowest BCUT2D eigenvalue weighted by molar-refractivity contribution is 0.222. The van der Waals surface area contributed by atoms with E-state index in [9.17, 15) is 5.11 Å². The summed E-state index contributed by atoms with van der Waals surface area (Å²) in [6.45, 7) is 3.22. The number of phenols is 1. The van der Waals surface area contributed by atoms with Crippen LogP contribution in [-0.4, -0.2) is 29.6 Å². The predicted octanol–water partition coefficient (Wildman–Crippen LogP) is 4.68. The number of piperidine rings is 1. The number of aryl methyl sites for hydroxylation is 1. The van der Waals surface area contributed by atoms with Crippen LogP contribution < -0.4 is 0 Å². The molecule has 2 heterocycles. The van der Waals surface area contributed by atoms with Crippen molar-refractivity contribution in [1.82, 2.24) is 4.90 Å². The zero-order valence-electron chi connectivity index (χ0n) is 13.2. The van der Waals surface area contributed by atoms with E-state index in [1.165, 1.54) is 30.4 Å². The van der Waals surface area contributed by atoms with Crippen LogP contribution in [0.3, 0.4) is 0 Å². The molecule has 1 N–H and O–H groups in total. The van der Waals surface area contributed by atoms with Gasteiger partial charge in [-0.1, -0.05) is 24.1 Å². The van der Waals surface area contributed by atoms with Crippen LogP contribution in [0, 0.1) is 6.92 Å². The summed E-state index contributed by atoms with van der Waals surface area (Å²) >= 11 is 1.70. The normalized spacial score (nSPS) is 20.3. The molecule has 3 rings (SSSR count). The van der Waals surface area contributed by atoms with E-state index in [4.69, 9.17) is 0 Å². The Bertz CT molecular complexity index is 660. The minimum Gasteiger partial charge on any atom is -0.507 e. The Hall–Kier alpha value is -1.58. The highest BCUT2D eigenvalue weighted by atomic mass is 32.1. The molecule has 2 aromatic rings. The highest BCUT2D eigenvalue weighted by molar-refractivity contribution is 7.08. The zero-order chi connectivity index (χ0) is 15.5. The van der Waals surface area contributed by atoms with Crippen molar-refractivity contribution in [3.05, 3.63) is 57.8 Å². The number of likely N-dealkylation sites (N-methyl/N-ethyl adjacent to an activating group) is 1. The number of benzene rings is 1. The molecule has 0 aliphatic carbocycles. The summed E-state index contributed by atoms with van der Waals surface area (Å²) < 4.78 is 0. The lowest BCUT2D eigenvalue weighted by Crippen LogP contribution is -2.34. The van der Waals surface area contributed by atoms with Crippen LogP contribution in [0.1, 0.15) is 36.0 Å². The lowest BCUT2D eigenvalue weighted by Gasteiger charge is -2.31. The molecule has 0 bridgehead atoms. The van der Waals surface area contributed by atoms with Crippen molar-refractivity contribution in [1.29, 1.82) is 0 Å². The van der Waals surface area contributed by atoms with E-state index in [0.29, 0.717) is 11.8 Å². The van der Waals surface area contributed by atoms with Crippen LogP contribution in [0.15, 0.2) is 41.1 Å². The molecule has 0 saturated carbocycles. The fourth-order valence-electron chi connectivity index (χ4n) is 3.13. The third kappa shape index (κ3) is 3.26. The summed E-state index contributed by atoms with van der Waals surface area (Å²) in [7, 11) is 2.20. The summed E-state index contributed by atoms with van der Waals surface area (Å²) in [4.78, 5) is 2.42. The number of nitrogens with zero attached hydrogens (tertiary/aromatic N) is 1. The van der Waals surface area contributed by atoms with E-state index in [1.54, 1.807) is 17.4 Å². The fraction of sp³-hybridized carbons (Fsp3) is 0.368. The van der Waals surface area contributed by atoms with Gasteiger partial charge in [0.2, 0.25) is 0 Å². The van der Waals surface area contributed by atoms with Gasteiger partial charge in [-0.2, -0.15) is 11.3 Å². The molecule has 0 radical (unpaired) electrons. The fourth-order valence-corrected chi connectivity index (χ4v) is 3.78. The largest absolute Gasteiger partial charge is 0.507 e. The first-order valence-corrected chi connectivity index (χ1v) is 8.84. The average molecular weight is 313 g/mol. The van der Waals surface area contributed by atoms with Crippen molar-refractivity contribution < 1.29 is 5.11 Å². The summed E-state index contributed by atoms with van der Waals surface area (Å²) in [6.07, 6.45) is 6.10. The van der Waals surface area contributed by atoms with Gasteiger partial charge in [0.15, 0.2) is 0 Å². The minimum atomic E-state index is 0.363. The molecule has 1 aromatic heterocycles. The SMILES string of the molecule is Cc1ccc(O)c(C(=CC2CCCCN2C)c2ccsc2)c1. The zero-order valence-corrected chi connectivity index (χ0v) is 14.1. The van der Waals surface area contributed by atoms with Gasteiger partial charge in [-0.15, -0.1) is 0 Å². The molecule has 3 heteroatoms. The molecule has 0 spiro atoms. The molecular weight excluding hydrogens is 290 g/mol. The van der Waals surface area contributed by atoms with Crippen molar-refractivity contribution in [2.45, 2.75) is 32.2 Å². The standard InChI is InChI=1S/C19H23NOS/c1-14-6-7-19(21)18(11-14)17(15-8-10-22-13-15)12-16-5-3-4-9-20(16)2/h6-8,10-13,16,21H,3-5,9H2,1-2H3. The summed E-state index contributed by atoms with van der Waals surface area (Å²) in [5.41, 5.74) is 4.47. The Morgan fingerprint density at radius 3 is 2.91 bits per heavy atom. The Morgan fingerprint density at radius 2 is 2.18 bits per heavy atom. The molecular formula is C19H23NOS. The Morgan fingerprint density at radius 1 is 1.32 bits per heavy atom. The maximum Gasteiger partial charge on any atom is 0.123 e. The summed E-state index contributed by atoms with van der Waals surface area (Å²) in [5, 5.41) is 14.6. The van der Waals surface area contributed by atoms with Crippen molar-refractivity contribution in [3.63, 3.8) is 0 Å². The lowest BCUT2D eigenvalue weighted by atomic mass is 9.93. The molecule has 1 atom stereocenters. The smallest absolute Gasteiger partial charge is 0.123 e. The molecule has 2 nitrogen and oxygen atoms in total. The third-order valence-electron chi connectivity index (χ3n) is 4.46. The maximum atomic E-state index is 10.3. The number of thiophene rings is 1. The predicted molar refractivity (Wildman–Crippen MR) is 94.5 cm³/mol. The van der Waals surface area contributed by atoms with Gasteiger partial charge >= 0.3 is 0 Å². The van der Waals surface area contributed by atoms with Crippen LogP contribution in [-0.2, 0) is 0 Å². The van der Waals surface area contributed by atoms with Crippen LogP contribution in [0.4, 0.5) is 0 Å². The van der Waals surface area contributed by atoms with Crippen molar-refractivity contribution in [2.75, 3.05) is 13.6 Å². The molecule has 1 saturated heterocycles. The Balaban J connectivity index is 2.06. The summed E-state index contributed by atoms with van der Waals surface area (Å²) in [5.74, 6) is 0.363. The van der Waals surface area contributed by atoms with Gasteiger partial charge in [-0.25, -0.2) is 0 Å². The second kappa shape index (κ2) is 6.67. The van der Waals surface area contributed by atoms with E-state index < -0.39 is 0 Å². The topological polar surface area (TPSA) is 23.5 Å². The van der Waals surface area contributed by atoms with E-state index in [-0.39, 0.29) is 0 Å². The first kappa shape index (κ1) is 15.3. The van der Waals surface area contributed by atoms with Gasteiger partial charge in [0.05, 0.1) is 0 Å². The molecule has 1 fully saturated rings. The highest BCUT2D eigenvalue weighted by Gasteiger charge is 2.19. The molecule has 1 aliphatic rings. The number of phenolic OH excluding ortho intramolecular Hbond substituents is 1. The Labute approximate surface area is 136 Å². The quantitative estimate of drug-likeness (QED) is 0.889.